The number of carbonyl (C=O) groups excluding carboxylic acids is 1. The number of hydrogen-bond donors (Lipinski definition) is 1. The molecule has 3 fully saturated rings. The molecule has 0 spiro atoms. The number of nitriles is 1. The molecule has 216 valence electrons. The van der Waals surface area contributed by atoms with E-state index in [-0.39, 0.29) is 42.5 Å². The summed E-state index contributed by atoms with van der Waals surface area (Å²) in [4.78, 5) is 19.2. The molecule has 1 saturated heterocycles. The summed E-state index contributed by atoms with van der Waals surface area (Å²) in [6.45, 7) is 0.303. The minimum Gasteiger partial charge on any atom is -0.444 e. The maximum absolute atomic E-state index is 14.6. The fourth-order valence-corrected chi connectivity index (χ4v) is 6.61. The average Bonchev–Trinajstić information content (AvgIpc) is 3.53. The molecule has 1 aromatic carbocycles. The molecule has 1 amide bonds. The summed E-state index contributed by atoms with van der Waals surface area (Å²) in [5, 5.41) is 11.9. The van der Waals surface area contributed by atoms with Crippen LogP contribution in [0.2, 0.25) is 0 Å². The lowest BCUT2D eigenvalue weighted by Crippen LogP contribution is -2.45. The Morgan fingerprint density at radius 1 is 1.18 bits per heavy atom. The highest BCUT2D eigenvalue weighted by Gasteiger charge is 2.51. The summed E-state index contributed by atoms with van der Waals surface area (Å²) in [5.41, 5.74) is -0.269. The van der Waals surface area contributed by atoms with Crippen molar-refractivity contribution in [1.29, 1.82) is 5.26 Å². The van der Waals surface area contributed by atoms with Gasteiger partial charge in [-0.2, -0.15) is 18.4 Å². The van der Waals surface area contributed by atoms with Gasteiger partial charge in [0.05, 0.1) is 23.5 Å². The van der Waals surface area contributed by atoms with Crippen molar-refractivity contribution in [1.82, 2.24) is 10.3 Å². The quantitative estimate of drug-likeness (QED) is 0.500. The van der Waals surface area contributed by atoms with Gasteiger partial charge in [-0.05, 0) is 25.3 Å². The third-order valence-corrected chi connectivity index (χ3v) is 9.33. The average molecular weight is 587 g/mol. The van der Waals surface area contributed by atoms with E-state index in [1.165, 1.54) is 0 Å². The molecule has 2 heterocycles. The minimum absolute atomic E-state index is 0.00212. The zero-order chi connectivity index (χ0) is 28.9. The number of rotatable bonds is 6. The first kappa shape index (κ1) is 28.3. The Labute approximate surface area is 227 Å². The predicted octanol–water partition coefficient (Wildman–Crippen LogP) is 4.37. The number of nitrogens with one attached hydrogen (secondary N) is 1. The van der Waals surface area contributed by atoms with Crippen LogP contribution >= 0.6 is 0 Å². The third-order valence-electron chi connectivity index (χ3n) is 7.72. The molecule has 2 aliphatic carbocycles. The van der Waals surface area contributed by atoms with Gasteiger partial charge in [-0.25, -0.2) is 22.2 Å². The highest BCUT2D eigenvalue weighted by atomic mass is 32.2. The predicted molar refractivity (Wildman–Crippen MR) is 133 cm³/mol. The molecule has 8 nitrogen and oxygen atoms in total. The lowest BCUT2D eigenvalue weighted by molar-refractivity contribution is -0.135. The Kier molecular flexibility index (Phi) is 7.09. The topological polar surface area (TPSA) is 116 Å². The van der Waals surface area contributed by atoms with Crippen LogP contribution in [0.25, 0.3) is 11.3 Å². The number of sulfone groups is 1. The van der Waals surface area contributed by atoms with Crippen molar-refractivity contribution in [2.75, 3.05) is 29.5 Å². The van der Waals surface area contributed by atoms with Crippen LogP contribution in [0.15, 0.2) is 28.7 Å². The molecule has 1 aliphatic heterocycles. The number of nitrogens with zero attached hydrogens (tertiary/aromatic N) is 3. The number of oxazole rings is 1. The Balaban J connectivity index is 1.57. The smallest absolute Gasteiger partial charge is 0.397 e. The zero-order valence-corrected chi connectivity index (χ0v) is 22.1. The van der Waals surface area contributed by atoms with E-state index in [0.717, 1.165) is 0 Å². The summed E-state index contributed by atoms with van der Waals surface area (Å²) in [7, 11) is -3.22. The van der Waals surface area contributed by atoms with Crippen molar-refractivity contribution < 1.29 is 39.6 Å². The molecule has 2 saturated carbocycles. The second kappa shape index (κ2) is 10.0. The van der Waals surface area contributed by atoms with Crippen molar-refractivity contribution in [2.45, 2.75) is 62.1 Å². The molecule has 5 rings (SSSR count). The molecule has 0 bridgehead atoms. The molecule has 0 radical (unpaired) electrons. The number of alkyl halides is 5. The molecule has 2 aromatic rings. The van der Waals surface area contributed by atoms with E-state index in [1.54, 1.807) is 29.2 Å². The number of benzene rings is 1. The number of hydrogen-bond acceptors (Lipinski definition) is 7. The summed E-state index contributed by atoms with van der Waals surface area (Å²) in [6.07, 6.45) is -7.11. The fraction of sp³-hybridized carbons (Fsp3) is 0.577. The van der Waals surface area contributed by atoms with Gasteiger partial charge >= 0.3 is 6.18 Å². The van der Waals surface area contributed by atoms with E-state index in [4.69, 9.17) is 4.42 Å². The van der Waals surface area contributed by atoms with Crippen LogP contribution in [0.1, 0.15) is 49.7 Å². The van der Waals surface area contributed by atoms with E-state index in [2.05, 4.69) is 10.3 Å². The standard InChI is InChI=1S/C26H27F5N4O4S/c27-25(28)6-5-16(18(13-25)23(36)34-24(15-32)7-8-24)22-21(33-20(39-22)14-26(29,30)31)17-3-1-2-4-19(17)35-9-11-40(37,38)12-10-35/h1-4,16,18H,5-14H2,(H,34,36)/t16-,18-/m1/s1. The molecule has 1 N–H and O–H groups in total. The van der Waals surface area contributed by atoms with Crippen molar-refractivity contribution in [3.63, 3.8) is 0 Å². The second-order valence-corrected chi connectivity index (χ2v) is 13.1. The van der Waals surface area contributed by atoms with E-state index in [1.807, 2.05) is 6.07 Å². The Morgan fingerprint density at radius 3 is 2.48 bits per heavy atom. The largest absolute Gasteiger partial charge is 0.444 e. The van der Waals surface area contributed by atoms with E-state index in [0.29, 0.717) is 24.1 Å². The third kappa shape index (κ3) is 6.09. The fourth-order valence-electron chi connectivity index (χ4n) is 5.41. The first-order valence-electron chi connectivity index (χ1n) is 12.9. The molecular formula is C26H27F5N4O4S. The first-order valence-corrected chi connectivity index (χ1v) is 14.7. The van der Waals surface area contributed by atoms with Crippen LogP contribution < -0.4 is 10.2 Å². The summed E-state index contributed by atoms with van der Waals surface area (Å²) >= 11 is 0. The second-order valence-electron chi connectivity index (χ2n) is 10.8. The molecular weight excluding hydrogens is 559 g/mol. The number of aromatic nitrogens is 1. The van der Waals surface area contributed by atoms with Crippen LogP contribution in [0.5, 0.6) is 0 Å². The maximum atomic E-state index is 14.6. The lowest BCUT2D eigenvalue weighted by Gasteiger charge is -2.35. The van der Waals surface area contributed by atoms with Crippen molar-refractivity contribution in [3.05, 3.63) is 35.9 Å². The van der Waals surface area contributed by atoms with Gasteiger partial charge in [-0.15, -0.1) is 0 Å². The van der Waals surface area contributed by atoms with Crippen molar-refractivity contribution >= 4 is 21.4 Å². The molecule has 3 aliphatic rings. The van der Waals surface area contributed by atoms with Gasteiger partial charge in [0.15, 0.2) is 9.84 Å². The Bertz CT molecular complexity index is 1430. The summed E-state index contributed by atoms with van der Waals surface area (Å²) < 4.78 is 98.8. The summed E-state index contributed by atoms with van der Waals surface area (Å²) in [5.74, 6) is -7.33. The van der Waals surface area contributed by atoms with Crippen LogP contribution in [0, 0.1) is 17.2 Å². The van der Waals surface area contributed by atoms with Gasteiger partial charge in [-0.1, -0.05) is 18.2 Å². The molecule has 14 heteroatoms. The highest BCUT2D eigenvalue weighted by Crippen LogP contribution is 2.49. The summed E-state index contributed by atoms with van der Waals surface area (Å²) in [6, 6.07) is 8.58. The number of anilines is 1. The van der Waals surface area contributed by atoms with Crippen LogP contribution in [-0.2, 0) is 21.1 Å². The number of amides is 1. The lowest BCUT2D eigenvalue weighted by atomic mass is 9.74. The first-order chi connectivity index (χ1) is 18.7. The van der Waals surface area contributed by atoms with Gasteiger partial charge < -0.3 is 14.6 Å². The number of halogens is 5. The number of carbonyl (C=O) groups is 1. The molecule has 2 atom stereocenters. The van der Waals surface area contributed by atoms with Crippen LogP contribution in [-0.4, -0.2) is 61.5 Å². The Morgan fingerprint density at radius 2 is 1.85 bits per heavy atom. The molecule has 0 unspecified atom stereocenters. The Hall–Kier alpha value is -3.21. The zero-order valence-electron chi connectivity index (χ0n) is 21.3. The van der Waals surface area contributed by atoms with E-state index in [9.17, 15) is 40.4 Å². The minimum atomic E-state index is -4.67. The van der Waals surface area contributed by atoms with Crippen molar-refractivity contribution in [2.24, 2.45) is 5.92 Å². The maximum Gasteiger partial charge on any atom is 0.397 e. The van der Waals surface area contributed by atoms with E-state index < -0.39 is 70.4 Å². The highest BCUT2D eigenvalue weighted by molar-refractivity contribution is 7.91. The van der Waals surface area contributed by atoms with Crippen molar-refractivity contribution in [3.8, 4) is 17.3 Å². The number of para-hydroxylation sites is 1. The SMILES string of the molecule is N#CC1(NC(=O)[C@@H]2CC(F)(F)CC[C@H]2c2oc(CC(F)(F)F)nc2-c2ccccc2N2CCS(=O)(=O)CC2)CC1. The van der Waals surface area contributed by atoms with Crippen LogP contribution in [0.3, 0.4) is 0 Å². The molecule has 40 heavy (non-hydrogen) atoms. The van der Waals surface area contributed by atoms with E-state index >= 15 is 0 Å². The monoisotopic (exact) mass is 586 g/mol. The van der Waals surface area contributed by atoms with Gasteiger partial charge in [0.25, 0.3) is 0 Å². The van der Waals surface area contributed by atoms with Gasteiger partial charge in [-0.3, -0.25) is 4.79 Å². The molecule has 1 aromatic heterocycles. The van der Waals surface area contributed by atoms with Gasteiger partial charge in [0.1, 0.15) is 23.4 Å². The normalized spacial score (nSPS) is 25.1. The van der Waals surface area contributed by atoms with Crippen LogP contribution in [0.4, 0.5) is 27.6 Å². The van der Waals surface area contributed by atoms with Gasteiger partial charge in [0.2, 0.25) is 17.7 Å². The van der Waals surface area contributed by atoms with Gasteiger partial charge in [0, 0.05) is 43.1 Å².